The number of ether oxygens (including phenoxy) is 1. The number of carbonyl (C=O) groups is 2. The van der Waals surface area contributed by atoms with Crippen molar-refractivity contribution in [3.05, 3.63) is 74.8 Å². The Morgan fingerprint density at radius 3 is 2.56 bits per heavy atom. The van der Waals surface area contributed by atoms with E-state index in [9.17, 15) is 9.59 Å². The van der Waals surface area contributed by atoms with E-state index < -0.39 is 17.5 Å². The Labute approximate surface area is 235 Å². The van der Waals surface area contributed by atoms with Crippen molar-refractivity contribution in [3.8, 4) is 5.75 Å². The van der Waals surface area contributed by atoms with E-state index in [1.807, 2.05) is 0 Å². The molecule has 6 rings (SSSR count). The molecule has 1 aromatic carbocycles. The highest BCUT2D eigenvalue weighted by Gasteiger charge is 2.57. The number of hydrogen-bond donors (Lipinski definition) is 0. The number of aromatic nitrogens is 3. The highest BCUT2D eigenvalue weighted by molar-refractivity contribution is 6.31. The van der Waals surface area contributed by atoms with E-state index in [-0.39, 0.29) is 28.4 Å². The van der Waals surface area contributed by atoms with Crippen LogP contribution in [0.25, 0.3) is 0 Å². The van der Waals surface area contributed by atoms with Crippen molar-refractivity contribution in [3.63, 3.8) is 0 Å². The number of nitrogens with zero attached hydrogens (tertiary/aromatic N) is 5. The monoisotopic (exact) mass is 571 g/mol. The maximum atomic E-state index is 15.4. The molecule has 11 heteroatoms. The van der Waals surface area contributed by atoms with E-state index in [4.69, 9.17) is 32.9 Å². The van der Waals surface area contributed by atoms with E-state index in [2.05, 4.69) is 9.55 Å². The Kier molecular flexibility index (Phi) is 6.54. The molecule has 39 heavy (non-hydrogen) atoms. The first-order valence-corrected chi connectivity index (χ1v) is 13.9. The predicted octanol–water partition coefficient (Wildman–Crippen LogP) is 4.85. The van der Waals surface area contributed by atoms with Crippen LogP contribution < -0.4 is 4.74 Å². The van der Waals surface area contributed by atoms with Crippen LogP contribution in [0.1, 0.15) is 65.0 Å². The van der Waals surface area contributed by atoms with Crippen LogP contribution in [0, 0.1) is 5.82 Å². The van der Waals surface area contributed by atoms with Gasteiger partial charge in [-0.05, 0) is 37.1 Å². The molecule has 0 spiro atoms. The van der Waals surface area contributed by atoms with E-state index in [1.165, 1.54) is 17.0 Å². The second-order valence-corrected chi connectivity index (χ2v) is 11.4. The number of rotatable bonds is 5. The van der Waals surface area contributed by atoms with Crippen LogP contribution in [-0.2, 0) is 24.2 Å². The standard InChI is InChI=1S/C28H28Cl2FN5O3/c1-34(2)26(37)20-8-9-21(25(30)33-20)39-28(11-12-28)27(38)36-14-10-19-24(35-13-4-3-5-22(35)32-19)23(36)17-7-6-16(29)15-18(17)31/h6-9,15,23H,3-5,10-14H2,1-2H3. The SMILES string of the molecule is CN(C)C(=O)c1ccc(OC2(C(=O)N3CCc4nc5n(c4C3c3ccc(Cl)cc3F)CCCC5)CC2)c(Cl)n1. The Morgan fingerprint density at radius 1 is 1.08 bits per heavy atom. The minimum atomic E-state index is -1.14. The van der Waals surface area contributed by atoms with Gasteiger partial charge in [0.15, 0.2) is 16.5 Å². The molecule has 0 N–H and O–H groups in total. The molecule has 0 saturated heterocycles. The summed E-state index contributed by atoms with van der Waals surface area (Å²) in [5.74, 6) is 0.225. The second-order valence-electron chi connectivity index (χ2n) is 10.6. The zero-order valence-corrected chi connectivity index (χ0v) is 23.2. The lowest BCUT2D eigenvalue weighted by atomic mass is 9.93. The summed E-state index contributed by atoms with van der Waals surface area (Å²) < 4.78 is 23.8. The Hall–Kier alpha value is -3.17. The third-order valence-electron chi connectivity index (χ3n) is 7.71. The number of aryl methyl sites for hydroxylation is 1. The second kappa shape index (κ2) is 9.78. The first-order valence-electron chi connectivity index (χ1n) is 13.1. The van der Waals surface area contributed by atoms with Gasteiger partial charge in [-0.2, -0.15) is 0 Å². The molecule has 0 radical (unpaired) electrons. The summed E-state index contributed by atoms with van der Waals surface area (Å²) in [7, 11) is 3.25. The van der Waals surface area contributed by atoms with Crippen LogP contribution in [0.15, 0.2) is 30.3 Å². The summed E-state index contributed by atoms with van der Waals surface area (Å²) in [5, 5.41) is 0.300. The third kappa shape index (κ3) is 4.55. The first-order chi connectivity index (χ1) is 18.7. The first kappa shape index (κ1) is 26.1. The number of imidazole rings is 1. The molecule has 2 aromatic heterocycles. The summed E-state index contributed by atoms with van der Waals surface area (Å²) >= 11 is 12.5. The molecule has 1 saturated carbocycles. The number of halogens is 3. The van der Waals surface area contributed by atoms with Gasteiger partial charge < -0.3 is 19.1 Å². The van der Waals surface area contributed by atoms with Crippen molar-refractivity contribution in [1.82, 2.24) is 24.3 Å². The number of fused-ring (bicyclic) bond motifs is 3. The van der Waals surface area contributed by atoms with E-state index in [0.717, 1.165) is 43.0 Å². The highest BCUT2D eigenvalue weighted by atomic mass is 35.5. The third-order valence-corrected chi connectivity index (χ3v) is 8.22. The van der Waals surface area contributed by atoms with E-state index >= 15 is 4.39 Å². The molecular weight excluding hydrogens is 544 g/mol. The molecule has 8 nitrogen and oxygen atoms in total. The largest absolute Gasteiger partial charge is 0.474 e. The van der Waals surface area contributed by atoms with Crippen LogP contribution in [0.3, 0.4) is 0 Å². The normalized spacial score (nSPS) is 19.2. The summed E-state index contributed by atoms with van der Waals surface area (Å²) in [5.41, 5.74) is 1.20. The van der Waals surface area contributed by atoms with Crippen molar-refractivity contribution < 1.29 is 18.7 Å². The lowest BCUT2D eigenvalue weighted by molar-refractivity contribution is -0.143. The number of pyridine rings is 1. The predicted molar refractivity (Wildman–Crippen MR) is 144 cm³/mol. The summed E-state index contributed by atoms with van der Waals surface area (Å²) in [4.78, 5) is 38.7. The van der Waals surface area contributed by atoms with Gasteiger partial charge in [0, 0.05) is 63.5 Å². The molecule has 1 fully saturated rings. The molecule has 2 aliphatic heterocycles. The van der Waals surface area contributed by atoms with Gasteiger partial charge in [0.1, 0.15) is 23.4 Å². The maximum absolute atomic E-state index is 15.4. The summed E-state index contributed by atoms with van der Waals surface area (Å²) in [6.07, 6.45) is 4.48. The van der Waals surface area contributed by atoms with Crippen molar-refractivity contribution in [2.24, 2.45) is 0 Å². The smallest absolute Gasteiger partial charge is 0.271 e. The van der Waals surface area contributed by atoms with Gasteiger partial charge in [-0.25, -0.2) is 14.4 Å². The fraction of sp³-hybridized carbons (Fsp3) is 0.429. The molecule has 204 valence electrons. The molecule has 0 bridgehead atoms. The summed E-state index contributed by atoms with van der Waals surface area (Å²) in [6.45, 7) is 1.16. The fourth-order valence-electron chi connectivity index (χ4n) is 5.60. The molecule has 1 aliphatic carbocycles. The number of benzene rings is 1. The minimum absolute atomic E-state index is 0.00728. The Morgan fingerprint density at radius 2 is 1.87 bits per heavy atom. The highest BCUT2D eigenvalue weighted by Crippen LogP contribution is 2.47. The van der Waals surface area contributed by atoms with Gasteiger partial charge in [-0.3, -0.25) is 9.59 Å². The van der Waals surface area contributed by atoms with Crippen LogP contribution in [0.2, 0.25) is 10.2 Å². The quantitative estimate of drug-likeness (QED) is 0.409. The molecule has 1 atom stereocenters. The fourth-order valence-corrected chi connectivity index (χ4v) is 5.95. The molecular formula is C28H28Cl2FN5O3. The van der Waals surface area contributed by atoms with Gasteiger partial charge in [0.05, 0.1) is 11.4 Å². The zero-order chi connectivity index (χ0) is 27.5. The van der Waals surface area contributed by atoms with Gasteiger partial charge in [-0.15, -0.1) is 0 Å². The van der Waals surface area contributed by atoms with Crippen molar-refractivity contribution >= 4 is 35.0 Å². The number of carbonyl (C=O) groups excluding carboxylic acids is 2. The van der Waals surface area contributed by atoms with E-state index in [1.54, 1.807) is 37.2 Å². The van der Waals surface area contributed by atoms with Crippen LogP contribution in [-0.4, -0.2) is 62.4 Å². The molecule has 1 unspecified atom stereocenters. The average molecular weight is 572 g/mol. The van der Waals surface area contributed by atoms with Gasteiger partial charge in [0.2, 0.25) is 0 Å². The zero-order valence-electron chi connectivity index (χ0n) is 21.7. The van der Waals surface area contributed by atoms with Gasteiger partial charge >= 0.3 is 0 Å². The lowest BCUT2D eigenvalue weighted by Crippen LogP contribution is -2.49. The number of amides is 2. The lowest BCUT2D eigenvalue weighted by Gasteiger charge is -2.39. The number of hydrogen-bond acceptors (Lipinski definition) is 5. The maximum Gasteiger partial charge on any atom is 0.271 e. The molecule has 4 heterocycles. The molecule has 3 aliphatic rings. The van der Waals surface area contributed by atoms with Crippen LogP contribution in [0.4, 0.5) is 4.39 Å². The summed E-state index contributed by atoms with van der Waals surface area (Å²) in [6, 6.07) is 7.02. The average Bonchev–Trinajstić information content (AvgIpc) is 3.60. The topological polar surface area (TPSA) is 80.6 Å². The van der Waals surface area contributed by atoms with Crippen molar-refractivity contribution in [2.45, 2.75) is 56.7 Å². The minimum Gasteiger partial charge on any atom is -0.474 e. The van der Waals surface area contributed by atoms with Crippen molar-refractivity contribution in [1.29, 1.82) is 0 Å². The Bertz CT molecular complexity index is 1490. The molecule has 3 aromatic rings. The van der Waals surface area contributed by atoms with Crippen molar-refractivity contribution in [2.75, 3.05) is 20.6 Å². The van der Waals surface area contributed by atoms with Gasteiger partial charge in [0.25, 0.3) is 11.8 Å². The Balaban J connectivity index is 1.36. The van der Waals surface area contributed by atoms with Crippen LogP contribution in [0.5, 0.6) is 5.75 Å². The van der Waals surface area contributed by atoms with Gasteiger partial charge in [-0.1, -0.05) is 29.3 Å². The van der Waals surface area contributed by atoms with E-state index in [0.29, 0.717) is 36.4 Å². The molecule has 2 amide bonds. The van der Waals surface area contributed by atoms with Crippen LogP contribution >= 0.6 is 23.2 Å².